The molecule has 4 nitrogen and oxygen atoms in total. The molecule has 0 saturated heterocycles. The normalized spacial score (nSPS) is 16.5. The largest absolute Gasteiger partial charge is 0.493 e. The number of carbonyl (C=O) groups excluding carboxylic acids is 1. The molecule has 0 saturated carbocycles. The van der Waals surface area contributed by atoms with Crippen LogP contribution in [-0.2, 0) is 11.2 Å². The van der Waals surface area contributed by atoms with Gasteiger partial charge in [-0.05, 0) is 53.5 Å². The molecule has 1 aliphatic rings. The van der Waals surface area contributed by atoms with E-state index in [9.17, 15) is 4.79 Å². The maximum atomic E-state index is 13.0. The Morgan fingerprint density at radius 2 is 2.00 bits per heavy atom. The topological polar surface area (TPSA) is 38.8 Å². The van der Waals surface area contributed by atoms with Crippen molar-refractivity contribution < 1.29 is 14.3 Å². The minimum absolute atomic E-state index is 0.0433. The molecule has 1 aliphatic heterocycles. The van der Waals surface area contributed by atoms with Gasteiger partial charge in [0.15, 0.2) is 11.5 Å². The van der Waals surface area contributed by atoms with Crippen LogP contribution >= 0.6 is 11.3 Å². The van der Waals surface area contributed by atoms with E-state index in [0.29, 0.717) is 18.1 Å². The number of nitrogens with zero attached hydrogens (tertiary/aromatic N) is 1. The first-order valence-electron chi connectivity index (χ1n) is 9.12. The highest BCUT2D eigenvalue weighted by Crippen LogP contribution is 2.42. The van der Waals surface area contributed by atoms with Crippen LogP contribution in [0.25, 0.3) is 0 Å². The van der Waals surface area contributed by atoms with E-state index in [1.54, 1.807) is 25.6 Å². The summed E-state index contributed by atoms with van der Waals surface area (Å²) in [5.41, 5.74) is 2.38. The number of ether oxygens (including phenoxy) is 2. The smallest absolute Gasteiger partial charge is 0.223 e. The maximum absolute atomic E-state index is 13.0. The van der Waals surface area contributed by atoms with Gasteiger partial charge in [-0.3, -0.25) is 4.79 Å². The molecule has 0 unspecified atom stereocenters. The maximum Gasteiger partial charge on any atom is 0.223 e. The Labute approximate surface area is 159 Å². The third-order valence-electron chi connectivity index (χ3n) is 4.94. The molecular formula is C21H27NO3S. The lowest BCUT2D eigenvalue weighted by Crippen LogP contribution is -2.40. The van der Waals surface area contributed by atoms with Gasteiger partial charge < -0.3 is 14.4 Å². The molecule has 0 aliphatic carbocycles. The first-order valence-corrected chi connectivity index (χ1v) is 10.0. The van der Waals surface area contributed by atoms with E-state index in [1.807, 2.05) is 17.0 Å². The molecule has 0 spiro atoms. The third-order valence-corrected chi connectivity index (χ3v) is 5.87. The highest BCUT2D eigenvalue weighted by molar-refractivity contribution is 7.10. The molecule has 5 heteroatoms. The molecule has 2 aromatic rings. The van der Waals surface area contributed by atoms with E-state index < -0.39 is 0 Å². The fourth-order valence-electron chi connectivity index (χ4n) is 3.52. The highest BCUT2D eigenvalue weighted by Gasteiger charge is 2.33. The number of hydrogen-bond acceptors (Lipinski definition) is 4. The van der Waals surface area contributed by atoms with Crippen LogP contribution in [0.15, 0.2) is 29.6 Å². The van der Waals surface area contributed by atoms with Gasteiger partial charge >= 0.3 is 0 Å². The van der Waals surface area contributed by atoms with Crippen molar-refractivity contribution >= 4 is 17.2 Å². The Balaban J connectivity index is 2.01. The summed E-state index contributed by atoms with van der Waals surface area (Å²) < 4.78 is 11.0. The number of fused-ring (bicyclic) bond motifs is 1. The molecular weight excluding hydrogens is 346 g/mol. The van der Waals surface area contributed by atoms with E-state index in [2.05, 4.69) is 31.4 Å². The van der Waals surface area contributed by atoms with E-state index in [0.717, 1.165) is 30.7 Å². The van der Waals surface area contributed by atoms with Gasteiger partial charge in [-0.1, -0.05) is 19.9 Å². The van der Waals surface area contributed by atoms with Crippen molar-refractivity contribution in [3.05, 3.63) is 45.6 Å². The monoisotopic (exact) mass is 373 g/mol. The summed E-state index contributed by atoms with van der Waals surface area (Å²) in [4.78, 5) is 16.2. The molecule has 26 heavy (non-hydrogen) atoms. The molecule has 0 fully saturated rings. The van der Waals surface area contributed by atoms with Crippen LogP contribution in [0.2, 0.25) is 0 Å². The fourth-order valence-corrected chi connectivity index (χ4v) is 4.38. The van der Waals surface area contributed by atoms with Crippen molar-refractivity contribution in [3.8, 4) is 11.5 Å². The lowest BCUT2D eigenvalue weighted by atomic mass is 9.90. The molecule has 1 aromatic heterocycles. The number of benzene rings is 1. The molecule has 0 N–H and O–H groups in total. The average molecular weight is 374 g/mol. The number of carbonyl (C=O) groups is 1. The van der Waals surface area contributed by atoms with E-state index in [4.69, 9.17) is 9.47 Å². The zero-order valence-electron chi connectivity index (χ0n) is 16.0. The van der Waals surface area contributed by atoms with Gasteiger partial charge in [0.05, 0.1) is 20.3 Å². The lowest BCUT2D eigenvalue weighted by molar-refractivity contribution is -0.133. The first kappa shape index (κ1) is 18.8. The standard InChI is InChI=1S/C21H27NO3S/c1-14(2)7-8-20(23)22-10-9-15-12-17(24-3)18(25-4)13-16(15)21(22)19-6-5-11-26-19/h5-6,11-14,21H,7-10H2,1-4H3/t21-/m0/s1. The summed E-state index contributed by atoms with van der Waals surface area (Å²) >= 11 is 1.70. The fraction of sp³-hybridized carbons (Fsp3) is 0.476. The minimum Gasteiger partial charge on any atom is -0.493 e. The lowest BCUT2D eigenvalue weighted by Gasteiger charge is -2.37. The number of thiophene rings is 1. The van der Waals surface area contributed by atoms with Crippen molar-refractivity contribution in [1.29, 1.82) is 0 Å². The van der Waals surface area contributed by atoms with Crippen LogP contribution in [0.1, 0.15) is 48.7 Å². The van der Waals surface area contributed by atoms with Gasteiger partial charge in [0.1, 0.15) is 0 Å². The number of amides is 1. The summed E-state index contributed by atoms with van der Waals surface area (Å²) in [7, 11) is 3.31. The first-order chi connectivity index (χ1) is 12.5. The SMILES string of the molecule is COc1cc2c(cc1OC)[C@@H](c1cccs1)N(C(=O)CCC(C)C)CC2. The van der Waals surface area contributed by atoms with Crippen LogP contribution in [0.5, 0.6) is 11.5 Å². The summed E-state index contributed by atoms with van der Waals surface area (Å²) in [5.74, 6) is 2.22. The van der Waals surface area contributed by atoms with Gasteiger partial charge in [-0.15, -0.1) is 11.3 Å². The van der Waals surface area contributed by atoms with Gasteiger partial charge in [0, 0.05) is 17.8 Å². The second-order valence-electron chi connectivity index (χ2n) is 7.09. The van der Waals surface area contributed by atoms with E-state index in [1.165, 1.54) is 10.4 Å². The summed E-state index contributed by atoms with van der Waals surface area (Å²) in [6.07, 6.45) is 2.36. The van der Waals surface area contributed by atoms with Crippen LogP contribution in [0, 0.1) is 5.92 Å². The van der Waals surface area contributed by atoms with E-state index >= 15 is 0 Å². The van der Waals surface area contributed by atoms with Crippen molar-refractivity contribution in [3.63, 3.8) is 0 Å². The van der Waals surface area contributed by atoms with Crippen LogP contribution in [-0.4, -0.2) is 31.6 Å². The molecule has 0 radical (unpaired) electrons. The molecule has 2 heterocycles. The molecule has 0 bridgehead atoms. The number of hydrogen-bond donors (Lipinski definition) is 0. The average Bonchev–Trinajstić information content (AvgIpc) is 3.18. The quantitative estimate of drug-likeness (QED) is 0.738. The molecule has 140 valence electrons. The van der Waals surface area contributed by atoms with Gasteiger partial charge in [0.2, 0.25) is 5.91 Å². The molecule has 1 aromatic carbocycles. The predicted octanol–water partition coefficient (Wildman–Crippen LogP) is 4.68. The summed E-state index contributed by atoms with van der Waals surface area (Å²) in [6.45, 7) is 5.06. The van der Waals surface area contributed by atoms with Crippen molar-refractivity contribution in [2.45, 2.75) is 39.2 Å². The summed E-state index contributed by atoms with van der Waals surface area (Å²) in [5, 5.41) is 2.07. The molecule has 1 atom stereocenters. The van der Waals surface area contributed by atoms with Crippen LogP contribution < -0.4 is 9.47 Å². The Morgan fingerprint density at radius 3 is 2.62 bits per heavy atom. The zero-order valence-corrected chi connectivity index (χ0v) is 16.8. The Bertz CT molecular complexity index is 755. The minimum atomic E-state index is -0.0433. The van der Waals surface area contributed by atoms with E-state index in [-0.39, 0.29) is 11.9 Å². The second kappa shape index (κ2) is 8.12. The number of rotatable bonds is 6. The van der Waals surface area contributed by atoms with Crippen LogP contribution in [0.3, 0.4) is 0 Å². The molecule has 1 amide bonds. The second-order valence-corrected chi connectivity index (χ2v) is 8.07. The van der Waals surface area contributed by atoms with Crippen molar-refractivity contribution in [2.24, 2.45) is 5.92 Å². The molecule has 3 rings (SSSR count). The van der Waals surface area contributed by atoms with Gasteiger partial charge in [0.25, 0.3) is 0 Å². The summed E-state index contributed by atoms with van der Waals surface area (Å²) in [6, 6.07) is 8.22. The van der Waals surface area contributed by atoms with Crippen molar-refractivity contribution in [1.82, 2.24) is 4.90 Å². The Morgan fingerprint density at radius 1 is 1.27 bits per heavy atom. The predicted molar refractivity (Wildman–Crippen MR) is 105 cm³/mol. The number of methoxy groups -OCH3 is 2. The zero-order chi connectivity index (χ0) is 18.7. The Kier molecular flexibility index (Phi) is 5.87. The van der Waals surface area contributed by atoms with Crippen LogP contribution in [0.4, 0.5) is 0 Å². The van der Waals surface area contributed by atoms with Crippen molar-refractivity contribution in [2.75, 3.05) is 20.8 Å². The highest BCUT2D eigenvalue weighted by atomic mass is 32.1. The third kappa shape index (κ3) is 3.73. The Hall–Kier alpha value is -2.01. The van der Waals surface area contributed by atoms with Gasteiger partial charge in [-0.2, -0.15) is 0 Å². The van der Waals surface area contributed by atoms with Gasteiger partial charge in [-0.25, -0.2) is 0 Å².